The van der Waals surface area contributed by atoms with Crippen molar-refractivity contribution in [1.82, 2.24) is 0 Å². The Bertz CT molecular complexity index is 597. The van der Waals surface area contributed by atoms with Gasteiger partial charge in [0.15, 0.2) is 0 Å². The molecule has 0 saturated heterocycles. The summed E-state index contributed by atoms with van der Waals surface area (Å²) in [4.78, 5) is 12.1. The number of thiocarbonyl (C=S) groups is 1. The van der Waals surface area contributed by atoms with Crippen LogP contribution < -0.4 is 15.8 Å². The average molecular weight is 286 g/mol. The second-order valence-electron chi connectivity index (χ2n) is 4.17. The number of hydrogen-bond donors (Lipinski definition) is 2. The predicted octanol–water partition coefficient (Wildman–Crippen LogP) is 3.13. The van der Waals surface area contributed by atoms with Gasteiger partial charge in [0.2, 0.25) is 0 Å². The Morgan fingerprint density at radius 2 is 1.75 bits per heavy atom. The van der Waals surface area contributed by atoms with Crippen LogP contribution in [0.5, 0.6) is 5.75 Å². The van der Waals surface area contributed by atoms with Gasteiger partial charge >= 0.3 is 6.09 Å². The normalized spacial score (nSPS) is 9.80. The molecule has 2 aromatic carbocycles. The maximum atomic E-state index is 11.7. The van der Waals surface area contributed by atoms with Crippen LogP contribution >= 0.6 is 12.2 Å². The molecule has 0 heterocycles. The van der Waals surface area contributed by atoms with Crippen molar-refractivity contribution in [3.63, 3.8) is 0 Å². The zero-order chi connectivity index (χ0) is 14.4. The fourth-order valence-corrected chi connectivity index (χ4v) is 1.81. The number of anilines is 1. The summed E-state index contributed by atoms with van der Waals surface area (Å²) in [5.41, 5.74) is 7.12. The van der Waals surface area contributed by atoms with Gasteiger partial charge in [-0.3, -0.25) is 5.32 Å². The molecule has 5 heteroatoms. The van der Waals surface area contributed by atoms with Crippen LogP contribution in [0, 0.1) is 0 Å². The number of hydrogen-bond acceptors (Lipinski definition) is 3. The summed E-state index contributed by atoms with van der Waals surface area (Å²) in [5, 5.41) is 2.65. The van der Waals surface area contributed by atoms with Crippen molar-refractivity contribution in [2.24, 2.45) is 5.73 Å². The van der Waals surface area contributed by atoms with E-state index in [1.807, 2.05) is 18.2 Å². The number of amides is 1. The summed E-state index contributed by atoms with van der Waals surface area (Å²) in [6.07, 6.45) is 0.0164. The van der Waals surface area contributed by atoms with Gasteiger partial charge in [-0.25, -0.2) is 4.79 Å². The molecular weight excluding hydrogens is 272 g/mol. The van der Waals surface area contributed by atoms with Gasteiger partial charge in [-0.15, -0.1) is 0 Å². The second kappa shape index (κ2) is 6.68. The zero-order valence-electron chi connectivity index (χ0n) is 10.7. The molecule has 0 aliphatic carbocycles. The van der Waals surface area contributed by atoms with Crippen LogP contribution in [0.2, 0.25) is 0 Å². The SMILES string of the molecule is NC(=S)Cc1ccc(NC(=O)Oc2ccccc2)cc1. The standard InChI is InChI=1S/C15H14N2O2S/c16-14(20)10-11-6-8-12(9-7-11)17-15(18)19-13-4-2-1-3-5-13/h1-9H,10H2,(H2,16,20)(H,17,18). The number of carbonyl (C=O) groups is 1. The third kappa shape index (κ3) is 4.37. The summed E-state index contributed by atoms with van der Waals surface area (Å²) in [6.45, 7) is 0. The van der Waals surface area contributed by atoms with Gasteiger partial charge in [-0.2, -0.15) is 0 Å². The van der Waals surface area contributed by atoms with Crippen molar-refractivity contribution >= 4 is 29.0 Å². The van der Waals surface area contributed by atoms with Gasteiger partial charge in [0.25, 0.3) is 0 Å². The first kappa shape index (κ1) is 14.0. The fourth-order valence-electron chi connectivity index (χ4n) is 1.65. The number of para-hydroxylation sites is 1. The van der Waals surface area contributed by atoms with Crippen molar-refractivity contribution in [1.29, 1.82) is 0 Å². The van der Waals surface area contributed by atoms with Crippen molar-refractivity contribution in [3.8, 4) is 5.75 Å². The van der Waals surface area contributed by atoms with E-state index in [0.717, 1.165) is 5.56 Å². The summed E-state index contributed by atoms with van der Waals surface area (Å²) in [5.74, 6) is 0.495. The fraction of sp³-hybridized carbons (Fsp3) is 0.0667. The maximum absolute atomic E-state index is 11.7. The molecule has 0 atom stereocenters. The van der Waals surface area contributed by atoms with Gasteiger partial charge in [-0.1, -0.05) is 42.5 Å². The molecular formula is C15H14N2O2S. The Labute approximate surface area is 122 Å². The van der Waals surface area contributed by atoms with E-state index in [1.54, 1.807) is 36.4 Å². The van der Waals surface area contributed by atoms with Crippen LogP contribution in [0.4, 0.5) is 10.5 Å². The van der Waals surface area contributed by atoms with Crippen LogP contribution in [-0.2, 0) is 6.42 Å². The highest BCUT2D eigenvalue weighted by Gasteiger charge is 2.04. The molecule has 0 radical (unpaired) electrons. The zero-order valence-corrected chi connectivity index (χ0v) is 11.5. The van der Waals surface area contributed by atoms with Gasteiger partial charge in [0, 0.05) is 12.1 Å². The van der Waals surface area contributed by atoms with Crippen LogP contribution in [0.3, 0.4) is 0 Å². The highest BCUT2D eigenvalue weighted by Crippen LogP contribution is 2.13. The molecule has 0 fully saturated rings. The van der Waals surface area contributed by atoms with E-state index in [9.17, 15) is 4.79 Å². The molecule has 4 nitrogen and oxygen atoms in total. The van der Waals surface area contributed by atoms with E-state index in [4.69, 9.17) is 22.7 Å². The van der Waals surface area contributed by atoms with E-state index in [-0.39, 0.29) is 0 Å². The topological polar surface area (TPSA) is 64.3 Å². The lowest BCUT2D eigenvalue weighted by molar-refractivity contribution is 0.215. The molecule has 2 aromatic rings. The minimum absolute atomic E-state index is 0.439. The highest BCUT2D eigenvalue weighted by atomic mass is 32.1. The van der Waals surface area contributed by atoms with Crippen LogP contribution in [0.25, 0.3) is 0 Å². The van der Waals surface area contributed by atoms with Gasteiger partial charge in [-0.05, 0) is 29.8 Å². The third-order valence-corrected chi connectivity index (χ3v) is 2.68. The molecule has 20 heavy (non-hydrogen) atoms. The summed E-state index contributed by atoms with van der Waals surface area (Å²) in [6, 6.07) is 16.1. The summed E-state index contributed by atoms with van der Waals surface area (Å²) >= 11 is 4.84. The molecule has 1 amide bonds. The monoisotopic (exact) mass is 286 g/mol. The highest BCUT2D eigenvalue weighted by molar-refractivity contribution is 7.80. The lowest BCUT2D eigenvalue weighted by atomic mass is 10.1. The van der Waals surface area contributed by atoms with Crippen LogP contribution in [0.15, 0.2) is 54.6 Å². The largest absolute Gasteiger partial charge is 0.417 e. The van der Waals surface area contributed by atoms with E-state index >= 15 is 0 Å². The predicted molar refractivity (Wildman–Crippen MR) is 83.0 cm³/mol. The number of benzene rings is 2. The van der Waals surface area contributed by atoms with Gasteiger partial charge < -0.3 is 10.5 Å². The summed E-state index contributed by atoms with van der Waals surface area (Å²) in [7, 11) is 0. The van der Waals surface area contributed by atoms with E-state index in [1.165, 1.54) is 0 Å². The first-order valence-electron chi connectivity index (χ1n) is 6.04. The molecule has 2 rings (SSSR count). The Balaban J connectivity index is 1.93. The smallest absolute Gasteiger partial charge is 0.410 e. The molecule has 0 bridgehead atoms. The number of nitrogens with one attached hydrogen (secondary N) is 1. The number of nitrogens with two attached hydrogens (primary N) is 1. The van der Waals surface area contributed by atoms with Crippen molar-refractivity contribution < 1.29 is 9.53 Å². The third-order valence-electron chi connectivity index (χ3n) is 2.53. The molecule has 0 aromatic heterocycles. The molecule has 0 unspecified atom stereocenters. The number of carbonyl (C=O) groups excluding carboxylic acids is 1. The second-order valence-corrected chi connectivity index (χ2v) is 4.69. The van der Waals surface area contributed by atoms with Gasteiger partial charge in [0.05, 0.1) is 4.99 Å². The quantitative estimate of drug-likeness (QED) is 0.848. The first-order chi connectivity index (χ1) is 9.63. The molecule has 0 aliphatic heterocycles. The number of rotatable bonds is 4. The molecule has 0 spiro atoms. The lowest BCUT2D eigenvalue weighted by Gasteiger charge is -2.07. The van der Waals surface area contributed by atoms with E-state index in [2.05, 4.69) is 5.32 Å². The number of ether oxygens (including phenoxy) is 1. The molecule has 3 N–H and O–H groups in total. The maximum Gasteiger partial charge on any atom is 0.417 e. The van der Waals surface area contributed by atoms with Gasteiger partial charge in [0.1, 0.15) is 5.75 Å². The molecule has 0 saturated carbocycles. The van der Waals surface area contributed by atoms with Crippen LogP contribution in [0.1, 0.15) is 5.56 Å². The van der Waals surface area contributed by atoms with Crippen molar-refractivity contribution in [2.75, 3.05) is 5.32 Å². The summed E-state index contributed by atoms with van der Waals surface area (Å²) < 4.78 is 5.12. The van der Waals surface area contributed by atoms with E-state index < -0.39 is 6.09 Å². The Morgan fingerprint density at radius 1 is 1.10 bits per heavy atom. The molecule has 102 valence electrons. The lowest BCUT2D eigenvalue weighted by Crippen LogP contribution is -2.16. The van der Waals surface area contributed by atoms with E-state index in [0.29, 0.717) is 22.8 Å². The minimum atomic E-state index is -0.529. The average Bonchev–Trinajstić information content (AvgIpc) is 2.41. The minimum Gasteiger partial charge on any atom is -0.410 e. The molecule has 0 aliphatic rings. The van der Waals surface area contributed by atoms with Crippen molar-refractivity contribution in [2.45, 2.75) is 6.42 Å². The Morgan fingerprint density at radius 3 is 2.35 bits per heavy atom. The van der Waals surface area contributed by atoms with Crippen molar-refractivity contribution in [3.05, 3.63) is 60.2 Å². The Hall–Kier alpha value is -2.40. The van der Waals surface area contributed by atoms with Crippen LogP contribution in [-0.4, -0.2) is 11.1 Å². The first-order valence-corrected chi connectivity index (χ1v) is 6.45. The Kier molecular flexibility index (Phi) is 4.68.